The molecule has 2 rings (SSSR count). The van der Waals surface area contributed by atoms with Crippen LogP contribution in [0.5, 0.6) is 0 Å². The number of hydrogen-bond acceptors (Lipinski definition) is 5. The fraction of sp³-hybridized carbons (Fsp3) is 0.769. The molecule has 120 valence electrons. The molecule has 2 N–H and O–H groups in total. The van der Waals surface area contributed by atoms with Gasteiger partial charge in [0, 0.05) is 32.8 Å². The molecule has 0 bridgehead atoms. The Morgan fingerprint density at radius 3 is 2.81 bits per heavy atom. The van der Waals surface area contributed by atoms with Crippen LogP contribution in [0.4, 0.5) is 0 Å². The van der Waals surface area contributed by atoms with Crippen LogP contribution in [0, 0.1) is 6.92 Å². The average molecular weight is 316 g/mol. The Labute approximate surface area is 126 Å². The van der Waals surface area contributed by atoms with Crippen molar-refractivity contribution in [1.82, 2.24) is 19.8 Å². The molecule has 0 atom stereocenters. The number of nitrogens with zero attached hydrogens (tertiary/aromatic N) is 2. The van der Waals surface area contributed by atoms with Gasteiger partial charge in [-0.05, 0) is 26.7 Å². The third kappa shape index (κ3) is 4.03. The maximum absolute atomic E-state index is 12.7. The zero-order valence-corrected chi connectivity index (χ0v) is 13.7. The maximum Gasteiger partial charge on any atom is 0.246 e. The number of aromatic nitrogens is 2. The van der Waals surface area contributed by atoms with Crippen molar-refractivity contribution in [3.63, 3.8) is 0 Å². The summed E-state index contributed by atoms with van der Waals surface area (Å²) in [7, 11) is -1.98. The zero-order chi connectivity index (χ0) is 15.5. The van der Waals surface area contributed by atoms with Gasteiger partial charge >= 0.3 is 0 Å². The van der Waals surface area contributed by atoms with E-state index in [2.05, 4.69) is 15.5 Å². The number of aryl methyl sites for hydroxylation is 1. The highest BCUT2D eigenvalue weighted by Crippen LogP contribution is 2.23. The molecule has 1 fully saturated rings. The Bertz CT molecular complexity index is 566. The average Bonchev–Trinajstić information content (AvgIpc) is 3.19. The third-order valence-corrected chi connectivity index (χ3v) is 5.58. The van der Waals surface area contributed by atoms with Crippen LogP contribution in [0.15, 0.2) is 4.90 Å². The number of ether oxygens (including phenoxy) is 1. The Balaban J connectivity index is 2.11. The van der Waals surface area contributed by atoms with E-state index in [0.717, 1.165) is 12.8 Å². The van der Waals surface area contributed by atoms with Crippen molar-refractivity contribution in [2.45, 2.75) is 44.2 Å². The van der Waals surface area contributed by atoms with Crippen LogP contribution in [-0.2, 0) is 21.3 Å². The molecule has 0 aliphatic heterocycles. The summed E-state index contributed by atoms with van der Waals surface area (Å²) in [6, 6.07) is 0.508. The molecular formula is C13H24N4O3S. The van der Waals surface area contributed by atoms with E-state index in [1.165, 1.54) is 4.31 Å². The van der Waals surface area contributed by atoms with Crippen LogP contribution >= 0.6 is 0 Å². The van der Waals surface area contributed by atoms with E-state index in [4.69, 9.17) is 4.74 Å². The van der Waals surface area contributed by atoms with Gasteiger partial charge in [-0.25, -0.2) is 8.42 Å². The second-order valence-electron chi connectivity index (χ2n) is 5.30. The van der Waals surface area contributed by atoms with Gasteiger partial charge in [0.25, 0.3) is 0 Å². The largest absolute Gasteiger partial charge is 0.380 e. The van der Waals surface area contributed by atoms with Crippen LogP contribution in [0.25, 0.3) is 0 Å². The summed E-state index contributed by atoms with van der Waals surface area (Å²) in [5.74, 6) is 0. The van der Waals surface area contributed by atoms with Crippen molar-refractivity contribution in [1.29, 1.82) is 0 Å². The molecule has 1 aliphatic rings. The minimum atomic E-state index is -3.55. The van der Waals surface area contributed by atoms with Crippen molar-refractivity contribution in [2.75, 3.05) is 26.8 Å². The first-order valence-corrected chi connectivity index (χ1v) is 8.72. The Kier molecular flexibility index (Phi) is 5.37. The SMILES string of the molecule is CCOCCN(C)S(=O)(=O)c1c(CNC2CC2)n[nH]c1C. The molecule has 1 aromatic rings. The van der Waals surface area contributed by atoms with Gasteiger partial charge in [-0.3, -0.25) is 5.10 Å². The Hall–Kier alpha value is -0.960. The van der Waals surface area contributed by atoms with Gasteiger partial charge in [0.05, 0.1) is 18.0 Å². The molecular weight excluding hydrogens is 292 g/mol. The van der Waals surface area contributed by atoms with E-state index in [1.54, 1.807) is 14.0 Å². The van der Waals surface area contributed by atoms with E-state index in [1.807, 2.05) is 6.92 Å². The molecule has 1 aromatic heterocycles. The van der Waals surface area contributed by atoms with E-state index in [0.29, 0.717) is 43.7 Å². The summed E-state index contributed by atoms with van der Waals surface area (Å²) in [5.41, 5.74) is 1.13. The number of aromatic amines is 1. The van der Waals surface area contributed by atoms with E-state index in [9.17, 15) is 8.42 Å². The minimum absolute atomic E-state index is 0.287. The fourth-order valence-corrected chi connectivity index (χ4v) is 3.55. The second kappa shape index (κ2) is 6.87. The molecule has 0 unspecified atom stereocenters. The summed E-state index contributed by atoms with van der Waals surface area (Å²) in [5, 5.41) is 10.2. The monoisotopic (exact) mass is 316 g/mol. The first kappa shape index (κ1) is 16.4. The van der Waals surface area contributed by atoms with Gasteiger partial charge < -0.3 is 10.1 Å². The highest BCUT2D eigenvalue weighted by molar-refractivity contribution is 7.89. The fourth-order valence-electron chi connectivity index (χ4n) is 2.07. The Morgan fingerprint density at radius 1 is 1.48 bits per heavy atom. The van der Waals surface area contributed by atoms with Crippen molar-refractivity contribution in [3.05, 3.63) is 11.4 Å². The molecule has 21 heavy (non-hydrogen) atoms. The summed E-state index contributed by atoms with van der Waals surface area (Å²) in [4.78, 5) is 0.287. The summed E-state index contributed by atoms with van der Waals surface area (Å²) < 4.78 is 31.9. The lowest BCUT2D eigenvalue weighted by Crippen LogP contribution is -2.31. The molecule has 0 amide bonds. The zero-order valence-electron chi connectivity index (χ0n) is 12.8. The molecule has 1 aliphatic carbocycles. The lowest BCUT2D eigenvalue weighted by atomic mass is 10.3. The summed E-state index contributed by atoms with van der Waals surface area (Å²) >= 11 is 0. The molecule has 0 radical (unpaired) electrons. The normalized spacial score (nSPS) is 15.8. The number of likely N-dealkylation sites (N-methyl/N-ethyl adjacent to an activating group) is 1. The van der Waals surface area contributed by atoms with E-state index >= 15 is 0 Å². The summed E-state index contributed by atoms with van der Waals surface area (Å²) in [6.07, 6.45) is 2.31. The smallest absolute Gasteiger partial charge is 0.246 e. The van der Waals surface area contributed by atoms with Gasteiger partial charge in [0.2, 0.25) is 10.0 Å². The minimum Gasteiger partial charge on any atom is -0.380 e. The van der Waals surface area contributed by atoms with Gasteiger partial charge in [0.15, 0.2) is 0 Å². The van der Waals surface area contributed by atoms with E-state index in [-0.39, 0.29) is 4.90 Å². The van der Waals surface area contributed by atoms with Crippen LogP contribution in [-0.4, -0.2) is 55.8 Å². The molecule has 8 heteroatoms. The number of hydrogen-bond donors (Lipinski definition) is 2. The van der Waals surface area contributed by atoms with Gasteiger partial charge in [0.1, 0.15) is 4.90 Å². The molecule has 0 saturated heterocycles. The van der Waals surface area contributed by atoms with E-state index < -0.39 is 10.0 Å². The van der Waals surface area contributed by atoms with Crippen LogP contribution in [0.1, 0.15) is 31.2 Å². The quantitative estimate of drug-likeness (QED) is 0.652. The van der Waals surface area contributed by atoms with Crippen molar-refractivity contribution < 1.29 is 13.2 Å². The van der Waals surface area contributed by atoms with Crippen LogP contribution < -0.4 is 5.32 Å². The first-order valence-electron chi connectivity index (χ1n) is 7.28. The number of nitrogens with one attached hydrogen (secondary N) is 2. The highest BCUT2D eigenvalue weighted by Gasteiger charge is 2.29. The number of H-pyrrole nitrogens is 1. The van der Waals surface area contributed by atoms with Crippen molar-refractivity contribution in [2.24, 2.45) is 0 Å². The molecule has 1 saturated carbocycles. The van der Waals surface area contributed by atoms with Crippen LogP contribution in [0.2, 0.25) is 0 Å². The molecule has 0 spiro atoms. The standard InChI is InChI=1S/C13H24N4O3S/c1-4-20-8-7-17(3)21(18,19)13-10(2)15-16-12(13)9-14-11-5-6-11/h11,14H,4-9H2,1-3H3,(H,15,16). The van der Waals surface area contributed by atoms with Gasteiger partial charge in [-0.1, -0.05) is 0 Å². The van der Waals surface area contributed by atoms with Crippen molar-refractivity contribution in [3.8, 4) is 0 Å². The predicted octanol–water partition coefficient (Wildman–Crippen LogP) is 0.627. The molecule has 7 nitrogen and oxygen atoms in total. The summed E-state index contributed by atoms with van der Waals surface area (Å²) in [6.45, 7) is 5.39. The van der Waals surface area contributed by atoms with Gasteiger partial charge in [-0.15, -0.1) is 0 Å². The Morgan fingerprint density at radius 2 is 2.19 bits per heavy atom. The number of sulfonamides is 1. The first-order chi connectivity index (χ1) is 9.96. The van der Waals surface area contributed by atoms with Gasteiger partial charge in [-0.2, -0.15) is 9.40 Å². The predicted molar refractivity (Wildman–Crippen MR) is 79.5 cm³/mol. The van der Waals surface area contributed by atoms with Crippen LogP contribution in [0.3, 0.4) is 0 Å². The maximum atomic E-state index is 12.7. The lowest BCUT2D eigenvalue weighted by Gasteiger charge is -2.17. The third-order valence-electron chi connectivity index (χ3n) is 3.52. The molecule has 0 aromatic carbocycles. The highest BCUT2D eigenvalue weighted by atomic mass is 32.2. The number of rotatable bonds is 9. The van der Waals surface area contributed by atoms with Crippen molar-refractivity contribution >= 4 is 10.0 Å². The topological polar surface area (TPSA) is 87.3 Å². The second-order valence-corrected chi connectivity index (χ2v) is 7.28. The molecule has 1 heterocycles. The lowest BCUT2D eigenvalue weighted by molar-refractivity contribution is 0.138.